The fourth-order valence-electron chi connectivity index (χ4n) is 0.613. The van der Waals surface area contributed by atoms with Crippen molar-refractivity contribution in [3.05, 3.63) is 30.3 Å². The van der Waals surface area contributed by atoms with Crippen LogP contribution in [0.5, 0.6) is 5.75 Å². The lowest BCUT2D eigenvalue weighted by molar-refractivity contribution is 0.392. The van der Waals surface area contributed by atoms with Gasteiger partial charge in [-0.2, -0.15) is 0 Å². The normalized spacial score (nSPS) is 9.00. The van der Waals surface area contributed by atoms with E-state index in [1.54, 1.807) is 0 Å². The highest BCUT2D eigenvalue weighted by Gasteiger charge is 1.83. The molecule has 9 heavy (non-hydrogen) atoms. The smallest absolute Gasteiger partial charge is 0.119 e. The summed E-state index contributed by atoms with van der Waals surface area (Å²) in [4.78, 5) is 0. The zero-order valence-corrected chi connectivity index (χ0v) is 6.23. The van der Waals surface area contributed by atoms with Gasteiger partial charge in [0.2, 0.25) is 0 Å². The topological polar surface area (TPSA) is 9.23 Å². The molecule has 0 aromatic heterocycles. The number of rotatable bonds is 2. The minimum atomic E-state index is 0.657. The molecule has 0 saturated heterocycles. The van der Waals surface area contributed by atoms with Crippen LogP contribution < -0.4 is 4.74 Å². The molecule has 1 unspecified atom stereocenters. The third-order valence-corrected chi connectivity index (χ3v) is 1.16. The summed E-state index contributed by atoms with van der Waals surface area (Å²) in [6.45, 7) is 0. The van der Waals surface area contributed by atoms with Gasteiger partial charge in [-0.05, 0) is 12.1 Å². The van der Waals surface area contributed by atoms with E-state index >= 15 is 0 Å². The summed E-state index contributed by atoms with van der Waals surface area (Å²) in [5.74, 6) is 0.924. The standard InChI is InChI=1S/C7H9OP/c9-6-8-7-4-2-1-3-5-7/h1-5H,6,9H2. The van der Waals surface area contributed by atoms with Gasteiger partial charge in [-0.1, -0.05) is 27.4 Å². The molecule has 0 fully saturated rings. The molecule has 0 bridgehead atoms. The molecule has 48 valence electrons. The van der Waals surface area contributed by atoms with Gasteiger partial charge >= 0.3 is 0 Å². The van der Waals surface area contributed by atoms with Gasteiger partial charge in [0.1, 0.15) is 12.1 Å². The first-order valence-electron chi connectivity index (χ1n) is 2.81. The Morgan fingerprint density at radius 3 is 2.44 bits per heavy atom. The molecule has 0 aliphatic carbocycles. The van der Waals surface area contributed by atoms with Gasteiger partial charge in [-0.25, -0.2) is 0 Å². The van der Waals surface area contributed by atoms with Crippen LogP contribution in [0, 0.1) is 0 Å². The van der Waals surface area contributed by atoms with Crippen LogP contribution in [0.15, 0.2) is 30.3 Å². The predicted octanol–water partition coefficient (Wildman–Crippen LogP) is 1.90. The molecule has 1 aromatic carbocycles. The van der Waals surface area contributed by atoms with Crippen LogP contribution in [0.1, 0.15) is 0 Å². The molecule has 1 rings (SSSR count). The summed E-state index contributed by atoms with van der Waals surface area (Å²) in [5, 5.41) is 0. The average molecular weight is 140 g/mol. The van der Waals surface area contributed by atoms with E-state index < -0.39 is 0 Å². The van der Waals surface area contributed by atoms with Crippen molar-refractivity contribution < 1.29 is 4.74 Å². The second-order valence-corrected chi connectivity index (χ2v) is 1.96. The molecule has 1 atom stereocenters. The van der Waals surface area contributed by atoms with Crippen molar-refractivity contribution in [2.45, 2.75) is 0 Å². The first-order chi connectivity index (χ1) is 4.43. The van der Waals surface area contributed by atoms with E-state index in [0.717, 1.165) is 5.75 Å². The predicted molar refractivity (Wildman–Crippen MR) is 41.6 cm³/mol. The van der Waals surface area contributed by atoms with Gasteiger partial charge in [-0.3, -0.25) is 0 Å². The van der Waals surface area contributed by atoms with Crippen LogP contribution in [-0.4, -0.2) is 6.35 Å². The molecule has 0 spiro atoms. The van der Waals surface area contributed by atoms with Crippen molar-refractivity contribution in [3.63, 3.8) is 0 Å². The highest BCUT2D eigenvalue weighted by Crippen LogP contribution is 2.08. The summed E-state index contributed by atoms with van der Waals surface area (Å²) in [5.41, 5.74) is 0. The number of benzene rings is 1. The van der Waals surface area contributed by atoms with Crippen LogP contribution in [0.3, 0.4) is 0 Å². The van der Waals surface area contributed by atoms with E-state index in [4.69, 9.17) is 4.74 Å². The number of ether oxygens (including phenoxy) is 1. The zero-order chi connectivity index (χ0) is 6.53. The van der Waals surface area contributed by atoms with Gasteiger partial charge in [0.05, 0.1) is 0 Å². The number of hydrogen-bond donors (Lipinski definition) is 0. The highest BCUT2D eigenvalue weighted by atomic mass is 31.0. The molecule has 0 radical (unpaired) electrons. The summed E-state index contributed by atoms with van der Waals surface area (Å²) in [7, 11) is 2.51. The van der Waals surface area contributed by atoms with Crippen molar-refractivity contribution in [2.24, 2.45) is 0 Å². The van der Waals surface area contributed by atoms with Crippen molar-refractivity contribution in [2.75, 3.05) is 6.35 Å². The Hall–Kier alpha value is -0.550. The number of hydrogen-bond acceptors (Lipinski definition) is 1. The third kappa shape index (κ3) is 2.03. The van der Waals surface area contributed by atoms with Crippen LogP contribution >= 0.6 is 9.24 Å². The van der Waals surface area contributed by atoms with Crippen molar-refractivity contribution in [1.29, 1.82) is 0 Å². The van der Waals surface area contributed by atoms with Crippen LogP contribution in [0.4, 0.5) is 0 Å². The van der Waals surface area contributed by atoms with Gasteiger partial charge in [0.25, 0.3) is 0 Å². The van der Waals surface area contributed by atoms with E-state index in [2.05, 4.69) is 9.24 Å². The Kier molecular flexibility index (Phi) is 2.53. The molecule has 0 saturated carbocycles. The quantitative estimate of drug-likeness (QED) is 0.570. The summed E-state index contributed by atoms with van der Waals surface area (Å²) >= 11 is 0. The second-order valence-electron chi connectivity index (χ2n) is 1.62. The van der Waals surface area contributed by atoms with Gasteiger partial charge in [-0.15, -0.1) is 0 Å². The van der Waals surface area contributed by atoms with Crippen LogP contribution in [0.2, 0.25) is 0 Å². The Morgan fingerprint density at radius 1 is 1.22 bits per heavy atom. The van der Waals surface area contributed by atoms with E-state index in [-0.39, 0.29) is 0 Å². The van der Waals surface area contributed by atoms with Crippen molar-refractivity contribution >= 4 is 9.24 Å². The van der Waals surface area contributed by atoms with Crippen molar-refractivity contribution in [3.8, 4) is 5.75 Å². The maximum absolute atomic E-state index is 5.17. The summed E-state index contributed by atoms with van der Waals surface area (Å²) in [6.07, 6.45) is 0.657. The molecule has 0 aliphatic rings. The van der Waals surface area contributed by atoms with Gasteiger partial charge < -0.3 is 4.74 Å². The van der Waals surface area contributed by atoms with Gasteiger partial charge in [0.15, 0.2) is 0 Å². The third-order valence-electron chi connectivity index (χ3n) is 0.993. The molecular formula is C7H9OP. The number of para-hydroxylation sites is 1. The molecule has 1 aromatic rings. The first kappa shape index (κ1) is 6.57. The highest BCUT2D eigenvalue weighted by molar-refractivity contribution is 7.16. The minimum absolute atomic E-state index is 0.657. The Bertz CT molecular complexity index is 162. The van der Waals surface area contributed by atoms with E-state index in [1.807, 2.05) is 30.3 Å². The summed E-state index contributed by atoms with van der Waals surface area (Å²) in [6, 6.07) is 9.75. The van der Waals surface area contributed by atoms with Crippen LogP contribution in [-0.2, 0) is 0 Å². The Balaban J connectivity index is 2.61. The molecule has 0 heterocycles. The lowest BCUT2D eigenvalue weighted by Gasteiger charge is -1.99. The molecule has 0 amide bonds. The van der Waals surface area contributed by atoms with E-state index in [9.17, 15) is 0 Å². The van der Waals surface area contributed by atoms with Crippen molar-refractivity contribution in [1.82, 2.24) is 0 Å². The van der Waals surface area contributed by atoms with Crippen LogP contribution in [0.25, 0.3) is 0 Å². The fraction of sp³-hybridized carbons (Fsp3) is 0.143. The molecule has 1 nitrogen and oxygen atoms in total. The van der Waals surface area contributed by atoms with Gasteiger partial charge in [0, 0.05) is 0 Å². The minimum Gasteiger partial charge on any atom is -0.490 e. The molecular weight excluding hydrogens is 131 g/mol. The van der Waals surface area contributed by atoms with E-state index in [1.165, 1.54) is 0 Å². The average Bonchev–Trinajstić information content (AvgIpc) is 1.91. The van der Waals surface area contributed by atoms with E-state index in [0.29, 0.717) is 6.35 Å². The molecule has 0 aliphatic heterocycles. The largest absolute Gasteiger partial charge is 0.490 e. The lowest BCUT2D eigenvalue weighted by atomic mass is 10.3. The monoisotopic (exact) mass is 140 g/mol. The SMILES string of the molecule is PCOc1ccccc1. The maximum Gasteiger partial charge on any atom is 0.119 e. The maximum atomic E-state index is 5.17. The second kappa shape index (κ2) is 3.47. The Labute approximate surface area is 57.2 Å². The zero-order valence-electron chi connectivity index (χ0n) is 5.08. The molecule has 0 N–H and O–H groups in total. The first-order valence-corrected chi connectivity index (χ1v) is 3.63. The lowest BCUT2D eigenvalue weighted by Crippen LogP contribution is -1.85. The Morgan fingerprint density at radius 2 is 1.89 bits per heavy atom. The molecule has 2 heteroatoms. The fourth-order valence-corrected chi connectivity index (χ4v) is 0.805. The summed E-state index contributed by atoms with van der Waals surface area (Å²) < 4.78 is 5.17.